The summed E-state index contributed by atoms with van der Waals surface area (Å²) in [5.41, 5.74) is 3.31. The zero-order valence-corrected chi connectivity index (χ0v) is 13.9. The Morgan fingerprint density at radius 3 is 2.62 bits per heavy atom. The van der Waals surface area contributed by atoms with E-state index in [0.717, 1.165) is 5.56 Å². The van der Waals surface area contributed by atoms with Gasteiger partial charge in [-0.1, -0.05) is 24.3 Å². The molecule has 0 bridgehead atoms. The summed E-state index contributed by atoms with van der Waals surface area (Å²) in [6.07, 6.45) is 0. The van der Waals surface area contributed by atoms with E-state index in [2.05, 4.69) is 5.32 Å². The number of carbonyl (C=O) groups is 1. The van der Waals surface area contributed by atoms with Gasteiger partial charge in [0, 0.05) is 6.07 Å². The van der Waals surface area contributed by atoms with Gasteiger partial charge in [0.05, 0.1) is 17.0 Å². The van der Waals surface area contributed by atoms with Crippen LogP contribution in [0.15, 0.2) is 42.5 Å². The van der Waals surface area contributed by atoms with Crippen LogP contribution >= 0.6 is 0 Å². The number of non-ortho nitro benzene ring substituents is 1. The van der Waals surface area contributed by atoms with Gasteiger partial charge in [0.15, 0.2) is 6.61 Å². The molecular formula is C18H20N2O4. The molecule has 1 amide bonds. The minimum atomic E-state index is -0.505. The molecule has 0 aliphatic carbocycles. The third-order valence-corrected chi connectivity index (χ3v) is 3.81. The van der Waals surface area contributed by atoms with E-state index in [1.165, 1.54) is 29.3 Å². The molecule has 0 aliphatic heterocycles. The molecule has 6 nitrogen and oxygen atoms in total. The first-order valence-corrected chi connectivity index (χ1v) is 7.60. The number of amides is 1. The van der Waals surface area contributed by atoms with E-state index >= 15 is 0 Å². The molecule has 2 aromatic rings. The fourth-order valence-electron chi connectivity index (χ4n) is 2.24. The van der Waals surface area contributed by atoms with Gasteiger partial charge >= 0.3 is 0 Å². The number of hydrogen-bond acceptors (Lipinski definition) is 4. The van der Waals surface area contributed by atoms with Crippen LogP contribution in [0.2, 0.25) is 0 Å². The molecule has 1 N–H and O–H groups in total. The van der Waals surface area contributed by atoms with E-state index < -0.39 is 4.92 Å². The Morgan fingerprint density at radius 2 is 1.96 bits per heavy atom. The maximum atomic E-state index is 12.0. The zero-order valence-electron chi connectivity index (χ0n) is 13.9. The number of hydrogen-bond donors (Lipinski definition) is 1. The molecule has 0 saturated carbocycles. The van der Waals surface area contributed by atoms with Crippen LogP contribution in [-0.2, 0) is 4.79 Å². The van der Waals surface area contributed by atoms with Gasteiger partial charge in [-0.25, -0.2) is 0 Å². The minimum absolute atomic E-state index is 0.0728. The van der Waals surface area contributed by atoms with Crippen LogP contribution in [-0.4, -0.2) is 17.4 Å². The van der Waals surface area contributed by atoms with Crippen molar-refractivity contribution in [3.8, 4) is 5.75 Å². The summed E-state index contributed by atoms with van der Waals surface area (Å²) < 4.78 is 5.32. The maximum Gasteiger partial charge on any atom is 0.273 e. The van der Waals surface area contributed by atoms with Crippen molar-refractivity contribution in [2.24, 2.45) is 0 Å². The molecule has 2 rings (SSSR count). The molecule has 1 atom stereocenters. The topological polar surface area (TPSA) is 81.5 Å². The summed E-state index contributed by atoms with van der Waals surface area (Å²) in [4.78, 5) is 22.2. The van der Waals surface area contributed by atoms with Crippen LogP contribution in [0.25, 0.3) is 0 Å². The Labute approximate surface area is 140 Å². The summed E-state index contributed by atoms with van der Waals surface area (Å²) in [7, 11) is 0. The van der Waals surface area contributed by atoms with Gasteiger partial charge in [-0.3, -0.25) is 14.9 Å². The normalized spacial score (nSPS) is 11.6. The van der Waals surface area contributed by atoms with Crippen molar-refractivity contribution in [2.75, 3.05) is 6.61 Å². The second-order valence-electron chi connectivity index (χ2n) is 5.68. The average Bonchev–Trinajstić information content (AvgIpc) is 2.55. The summed E-state index contributed by atoms with van der Waals surface area (Å²) in [6.45, 7) is 5.76. The number of nitrogens with one attached hydrogen (secondary N) is 1. The van der Waals surface area contributed by atoms with Gasteiger partial charge in [0.2, 0.25) is 0 Å². The second-order valence-corrected chi connectivity index (χ2v) is 5.68. The van der Waals surface area contributed by atoms with Crippen molar-refractivity contribution < 1.29 is 14.5 Å². The zero-order chi connectivity index (χ0) is 17.7. The largest absolute Gasteiger partial charge is 0.484 e. The predicted octanol–water partition coefficient (Wildman–Crippen LogP) is 3.47. The third-order valence-electron chi connectivity index (χ3n) is 3.81. The van der Waals surface area contributed by atoms with Crippen LogP contribution in [0.5, 0.6) is 5.75 Å². The Morgan fingerprint density at radius 1 is 1.21 bits per heavy atom. The molecule has 0 aromatic heterocycles. The van der Waals surface area contributed by atoms with Crippen molar-refractivity contribution >= 4 is 11.6 Å². The molecule has 0 aliphatic rings. The van der Waals surface area contributed by atoms with Crippen molar-refractivity contribution in [2.45, 2.75) is 26.8 Å². The van der Waals surface area contributed by atoms with Crippen LogP contribution in [0, 0.1) is 24.0 Å². The van der Waals surface area contributed by atoms with Crippen LogP contribution in [0.1, 0.15) is 29.7 Å². The number of nitro benzene ring substituents is 1. The number of nitrogens with zero attached hydrogens (tertiary/aromatic N) is 1. The third kappa shape index (κ3) is 4.55. The summed E-state index contributed by atoms with van der Waals surface area (Å²) >= 11 is 0. The lowest BCUT2D eigenvalue weighted by Crippen LogP contribution is -2.31. The molecule has 0 saturated heterocycles. The van der Waals surface area contributed by atoms with E-state index in [1.807, 2.05) is 39.0 Å². The Balaban J connectivity index is 1.92. The van der Waals surface area contributed by atoms with Crippen molar-refractivity contribution in [1.29, 1.82) is 0 Å². The van der Waals surface area contributed by atoms with E-state index in [1.54, 1.807) is 6.07 Å². The summed E-state index contributed by atoms with van der Waals surface area (Å²) in [5, 5.41) is 13.6. The monoisotopic (exact) mass is 328 g/mol. The minimum Gasteiger partial charge on any atom is -0.484 e. The van der Waals surface area contributed by atoms with E-state index in [9.17, 15) is 14.9 Å². The lowest BCUT2D eigenvalue weighted by atomic mass is 10.0. The highest BCUT2D eigenvalue weighted by molar-refractivity contribution is 5.78. The van der Waals surface area contributed by atoms with Crippen LogP contribution < -0.4 is 10.1 Å². The highest BCUT2D eigenvalue weighted by Crippen LogP contribution is 2.19. The molecule has 0 heterocycles. The van der Waals surface area contributed by atoms with Crippen LogP contribution in [0.4, 0.5) is 5.69 Å². The molecule has 0 spiro atoms. The number of benzene rings is 2. The SMILES string of the molecule is Cc1ccc([C@@H](C)NC(=O)COc2cccc([N+](=O)[O-])c2)cc1C. The quantitative estimate of drug-likeness (QED) is 0.650. The Kier molecular flexibility index (Phi) is 5.52. The first kappa shape index (κ1) is 17.5. The molecule has 2 aromatic carbocycles. The fourth-order valence-corrected chi connectivity index (χ4v) is 2.24. The summed E-state index contributed by atoms with van der Waals surface area (Å²) in [6, 6.07) is 11.7. The van der Waals surface area contributed by atoms with Gasteiger partial charge in [-0.15, -0.1) is 0 Å². The molecule has 0 unspecified atom stereocenters. The van der Waals surface area contributed by atoms with E-state index in [0.29, 0.717) is 0 Å². The number of rotatable bonds is 6. The Hall–Kier alpha value is -2.89. The maximum absolute atomic E-state index is 12.0. The molecular weight excluding hydrogens is 308 g/mol. The number of ether oxygens (including phenoxy) is 1. The standard InChI is InChI=1S/C18H20N2O4/c1-12-7-8-15(9-13(12)2)14(3)19-18(21)11-24-17-6-4-5-16(10-17)20(22)23/h4-10,14H,11H2,1-3H3,(H,19,21)/t14-/m1/s1. The molecule has 6 heteroatoms. The van der Waals surface area contributed by atoms with Gasteiger partial charge in [-0.2, -0.15) is 0 Å². The van der Waals surface area contributed by atoms with Crippen molar-refractivity contribution in [3.05, 3.63) is 69.3 Å². The molecule has 24 heavy (non-hydrogen) atoms. The first-order valence-electron chi connectivity index (χ1n) is 7.60. The number of aryl methyl sites for hydroxylation is 2. The highest BCUT2D eigenvalue weighted by atomic mass is 16.6. The van der Waals surface area contributed by atoms with Gasteiger partial charge in [0.1, 0.15) is 5.75 Å². The van der Waals surface area contributed by atoms with Crippen molar-refractivity contribution in [1.82, 2.24) is 5.32 Å². The number of carbonyl (C=O) groups excluding carboxylic acids is 1. The smallest absolute Gasteiger partial charge is 0.273 e. The fraction of sp³-hybridized carbons (Fsp3) is 0.278. The second kappa shape index (κ2) is 7.59. The molecule has 0 fully saturated rings. The molecule has 126 valence electrons. The van der Waals surface area contributed by atoms with Gasteiger partial charge in [0.25, 0.3) is 11.6 Å². The lowest BCUT2D eigenvalue weighted by molar-refractivity contribution is -0.384. The first-order chi connectivity index (χ1) is 11.4. The van der Waals surface area contributed by atoms with E-state index in [4.69, 9.17) is 4.74 Å². The van der Waals surface area contributed by atoms with Gasteiger partial charge in [-0.05, 0) is 43.5 Å². The molecule has 0 radical (unpaired) electrons. The predicted molar refractivity (Wildman–Crippen MR) is 91.1 cm³/mol. The van der Waals surface area contributed by atoms with Crippen molar-refractivity contribution in [3.63, 3.8) is 0 Å². The average molecular weight is 328 g/mol. The lowest BCUT2D eigenvalue weighted by Gasteiger charge is -2.16. The summed E-state index contributed by atoms with van der Waals surface area (Å²) in [5.74, 6) is 0.00502. The number of nitro groups is 1. The van der Waals surface area contributed by atoms with Gasteiger partial charge < -0.3 is 10.1 Å². The highest BCUT2D eigenvalue weighted by Gasteiger charge is 2.12. The van der Waals surface area contributed by atoms with E-state index in [-0.39, 0.29) is 30.0 Å². The Bertz CT molecular complexity index is 758. The van der Waals surface area contributed by atoms with Crippen LogP contribution in [0.3, 0.4) is 0 Å².